The Morgan fingerprint density at radius 3 is 2.06 bits per heavy atom. The van der Waals surface area contributed by atoms with Crippen LogP contribution in [-0.2, 0) is 0 Å². The second-order valence-corrected chi connectivity index (χ2v) is 8.27. The summed E-state index contributed by atoms with van der Waals surface area (Å²) in [6, 6.07) is 24.0. The van der Waals surface area contributed by atoms with Gasteiger partial charge >= 0.3 is 0 Å². The number of carbonyl (C=O) groups is 2. The molecule has 0 saturated heterocycles. The van der Waals surface area contributed by atoms with Crippen molar-refractivity contribution in [2.24, 2.45) is 0 Å². The molecule has 0 aliphatic carbocycles. The molecule has 8 heteroatoms. The van der Waals surface area contributed by atoms with Crippen LogP contribution < -0.4 is 10.6 Å². The van der Waals surface area contributed by atoms with Crippen LogP contribution in [0.4, 0.5) is 11.4 Å². The van der Waals surface area contributed by atoms with Crippen LogP contribution >= 0.6 is 23.2 Å². The molecule has 0 spiro atoms. The summed E-state index contributed by atoms with van der Waals surface area (Å²) in [4.78, 5) is 25.1. The number of furan rings is 2. The minimum atomic E-state index is -0.427. The fourth-order valence-electron chi connectivity index (χ4n) is 3.41. The van der Waals surface area contributed by atoms with E-state index in [0.29, 0.717) is 38.3 Å². The van der Waals surface area contributed by atoms with Crippen LogP contribution in [0.2, 0.25) is 10.0 Å². The predicted octanol–water partition coefficient (Wildman–Crippen LogP) is 7.50. The van der Waals surface area contributed by atoms with Gasteiger partial charge in [-0.05, 0) is 66.7 Å². The molecule has 2 amide bonds. The Morgan fingerprint density at radius 1 is 0.676 bits per heavy atom. The van der Waals surface area contributed by atoms with Crippen LogP contribution in [0, 0.1) is 0 Å². The Hall–Kier alpha value is -4.00. The molecule has 0 unspecified atom stereocenters. The van der Waals surface area contributed by atoms with Crippen LogP contribution in [0.1, 0.15) is 21.1 Å². The lowest BCUT2D eigenvalue weighted by Crippen LogP contribution is -2.12. The number of fused-ring (bicyclic) bond motifs is 1. The van der Waals surface area contributed by atoms with Crippen molar-refractivity contribution < 1.29 is 18.4 Å². The molecule has 5 rings (SSSR count). The first-order valence-electron chi connectivity index (χ1n) is 10.2. The molecule has 2 heterocycles. The molecule has 34 heavy (non-hydrogen) atoms. The second-order valence-electron chi connectivity index (χ2n) is 7.42. The van der Waals surface area contributed by atoms with Crippen molar-refractivity contribution in [2.75, 3.05) is 10.6 Å². The standard InChI is InChI=1S/C26H16Cl2N2O4/c27-16-5-10-20(28)19(14-16)22-11-12-23(34-22)25(31)29-17-6-8-18(9-7-17)30-26(32)24-13-15-3-1-2-4-21(15)33-24/h1-14H,(H,29,31)(H,30,32). The van der Waals surface area contributed by atoms with Crippen molar-refractivity contribution in [3.05, 3.63) is 106 Å². The van der Waals surface area contributed by atoms with Gasteiger partial charge in [-0.2, -0.15) is 0 Å². The van der Waals surface area contributed by atoms with Crippen molar-refractivity contribution in [3.8, 4) is 11.3 Å². The van der Waals surface area contributed by atoms with Gasteiger partial charge in [-0.1, -0.05) is 41.4 Å². The third kappa shape index (κ3) is 4.55. The summed E-state index contributed by atoms with van der Waals surface area (Å²) in [5.74, 6) is -0.0270. The summed E-state index contributed by atoms with van der Waals surface area (Å²) in [6.45, 7) is 0. The second kappa shape index (κ2) is 9.09. The fourth-order valence-corrected chi connectivity index (χ4v) is 3.79. The Morgan fingerprint density at radius 2 is 1.35 bits per heavy atom. The Kier molecular flexibility index (Phi) is 5.84. The molecule has 0 radical (unpaired) electrons. The van der Waals surface area contributed by atoms with E-state index in [0.717, 1.165) is 5.39 Å². The summed E-state index contributed by atoms with van der Waals surface area (Å²) in [7, 11) is 0. The molecular weight excluding hydrogens is 475 g/mol. The SMILES string of the molecule is O=C(Nc1ccc(NC(=O)c2cc3ccccc3o2)cc1)c1ccc(-c2cc(Cl)ccc2Cl)o1. The topological polar surface area (TPSA) is 84.5 Å². The minimum absolute atomic E-state index is 0.119. The molecule has 0 fully saturated rings. The average Bonchev–Trinajstić information content (AvgIpc) is 3.49. The highest BCUT2D eigenvalue weighted by Gasteiger charge is 2.16. The molecule has 2 aromatic heterocycles. The van der Waals surface area contributed by atoms with Gasteiger partial charge in [0.15, 0.2) is 11.5 Å². The molecule has 0 aliphatic heterocycles. The monoisotopic (exact) mass is 490 g/mol. The highest BCUT2D eigenvalue weighted by atomic mass is 35.5. The lowest BCUT2D eigenvalue weighted by molar-refractivity contribution is 0.0990. The van der Waals surface area contributed by atoms with Gasteiger partial charge < -0.3 is 19.5 Å². The Labute approximate surface area is 204 Å². The van der Waals surface area contributed by atoms with Gasteiger partial charge in [-0.25, -0.2) is 0 Å². The maximum Gasteiger partial charge on any atom is 0.291 e. The number of amides is 2. The molecule has 0 saturated carbocycles. The van der Waals surface area contributed by atoms with Crippen molar-refractivity contribution in [1.82, 2.24) is 0 Å². The summed E-state index contributed by atoms with van der Waals surface area (Å²) < 4.78 is 11.2. The average molecular weight is 491 g/mol. The number of benzene rings is 3. The van der Waals surface area contributed by atoms with Gasteiger partial charge in [-0.15, -0.1) is 0 Å². The molecule has 0 aliphatic rings. The maximum absolute atomic E-state index is 12.6. The van der Waals surface area contributed by atoms with Crippen molar-refractivity contribution >= 4 is 57.4 Å². The molecule has 0 bridgehead atoms. The van der Waals surface area contributed by atoms with E-state index in [-0.39, 0.29) is 17.4 Å². The highest BCUT2D eigenvalue weighted by Crippen LogP contribution is 2.32. The van der Waals surface area contributed by atoms with Crippen molar-refractivity contribution in [2.45, 2.75) is 0 Å². The lowest BCUT2D eigenvalue weighted by Gasteiger charge is -2.06. The zero-order valence-corrected chi connectivity index (χ0v) is 19.0. The number of rotatable bonds is 5. The highest BCUT2D eigenvalue weighted by molar-refractivity contribution is 6.35. The molecule has 3 aromatic carbocycles. The number of carbonyl (C=O) groups excluding carboxylic acids is 2. The minimum Gasteiger partial charge on any atom is -0.451 e. The maximum atomic E-state index is 12.6. The predicted molar refractivity (Wildman–Crippen MR) is 133 cm³/mol. The summed E-state index contributed by atoms with van der Waals surface area (Å²) in [6.07, 6.45) is 0. The van der Waals surface area contributed by atoms with E-state index in [1.165, 1.54) is 0 Å². The van der Waals surface area contributed by atoms with Crippen LogP contribution in [0.25, 0.3) is 22.3 Å². The molecule has 0 atom stereocenters. The number of anilines is 2. The Balaban J connectivity index is 1.24. The molecule has 168 valence electrons. The number of para-hydroxylation sites is 1. The third-order valence-corrected chi connectivity index (χ3v) is 5.64. The molecule has 6 nitrogen and oxygen atoms in total. The normalized spacial score (nSPS) is 10.9. The summed E-state index contributed by atoms with van der Waals surface area (Å²) in [5, 5.41) is 7.36. The fraction of sp³-hybridized carbons (Fsp3) is 0. The van der Waals surface area contributed by atoms with E-state index in [9.17, 15) is 9.59 Å². The van der Waals surface area contributed by atoms with Crippen molar-refractivity contribution in [3.63, 3.8) is 0 Å². The quantitative estimate of drug-likeness (QED) is 0.267. The van der Waals surface area contributed by atoms with Gasteiger partial charge in [-0.3, -0.25) is 9.59 Å². The van der Waals surface area contributed by atoms with E-state index >= 15 is 0 Å². The molecule has 5 aromatic rings. The Bertz CT molecular complexity index is 1490. The molecule has 2 N–H and O–H groups in total. The van der Waals surface area contributed by atoms with Crippen molar-refractivity contribution in [1.29, 1.82) is 0 Å². The third-order valence-electron chi connectivity index (χ3n) is 5.07. The lowest BCUT2D eigenvalue weighted by atomic mass is 10.2. The van der Waals surface area contributed by atoms with Gasteiger partial charge in [0.1, 0.15) is 11.3 Å². The number of hydrogen-bond donors (Lipinski definition) is 2. The van der Waals surface area contributed by atoms with Gasteiger partial charge in [0.2, 0.25) is 0 Å². The van der Waals surface area contributed by atoms with Crippen LogP contribution in [0.15, 0.2) is 93.8 Å². The van der Waals surface area contributed by atoms with E-state index in [2.05, 4.69) is 10.6 Å². The molecular formula is C26H16Cl2N2O4. The summed E-state index contributed by atoms with van der Waals surface area (Å²) in [5.41, 5.74) is 2.33. The largest absolute Gasteiger partial charge is 0.451 e. The first-order valence-corrected chi connectivity index (χ1v) is 11.0. The number of hydrogen-bond acceptors (Lipinski definition) is 4. The zero-order valence-electron chi connectivity index (χ0n) is 17.5. The first-order chi connectivity index (χ1) is 16.5. The van der Waals surface area contributed by atoms with E-state index in [4.69, 9.17) is 32.0 Å². The summed E-state index contributed by atoms with van der Waals surface area (Å²) >= 11 is 12.2. The van der Waals surface area contributed by atoms with Crippen LogP contribution in [0.3, 0.4) is 0 Å². The first kappa shape index (κ1) is 21.8. The zero-order chi connectivity index (χ0) is 23.7. The van der Waals surface area contributed by atoms with Gasteiger partial charge in [0, 0.05) is 27.3 Å². The van der Waals surface area contributed by atoms with Gasteiger partial charge in [0.25, 0.3) is 11.8 Å². The smallest absolute Gasteiger partial charge is 0.291 e. The van der Waals surface area contributed by atoms with E-state index in [1.54, 1.807) is 66.7 Å². The number of nitrogens with one attached hydrogen (secondary N) is 2. The van der Waals surface area contributed by atoms with Crippen LogP contribution in [0.5, 0.6) is 0 Å². The van der Waals surface area contributed by atoms with E-state index in [1.807, 2.05) is 18.2 Å². The van der Waals surface area contributed by atoms with E-state index < -0.39 is 5.91 Å². The number of halogens is 2. The van der Waals surface area contributed by atoms with Gasteiger partial charge in [0.05, 0.1) is 5.02 Å². The van der Waals surface area contributed by atoms with Crippen LogP contribution in [-0.4, -0.2) is 11.8 Å².